The molecule has 0 radical (unpaired) electrons. The maximum absolute atomic E-state index is 11.9. The van der Waals surface area contributed by atoms with Crippen LogP contribution in [0.1, 0.15) is 29.3 Å². The first-order valence-electron chi connectivity index (χ1n) is 7.38. The van der Waals surface area contributed by atoms with Crippen LogP contribution in [0.4, 0.5) is 0 Å². The van der Waals surface area contributed by atoms with Crippen LogP contribution >= 0.6 is 0 Å². The number of oxime groups is 1. The van der Waals surface area contributed by atoms with Gasteiger partial charge in [0.1, 0.15) is 5.75 Å². The second-order valence-electron chi connectivity index (χ2n) is 4.79. The van der Waals surface area contributed by atoms with Crippen LogP contribution in [0.25, 0.3) is 6.08 Å². The molecule has 0 amide bonds. The van der Waals surface area contributed by atoms with Crippen molar-refractivity contribution in [2.24, 2.45) is 5.16 Å². The topological polar surface area (TPSA) is 47.9 Å². The van der Waals surface area contributed by atoms with Crippen LogP contribution in [0, 0.1) is 0 Å². The van der Waals surface area contributed by atoms with Crippen LogP contribution in [0.2, 0.25) is 0 Å². The number of rotatable bonds is 6. The zero-order valence-corrected chi connectivity index (χ0v) is 13.2. The third-order valence-electron chi connectivity index (χ3n) is 3.20. The maximum atomic E-state index is 11.9. The van der Waals surface area contributed by atoms with Crippen molar-refractivity contribution in [3.8, 4) is 5.75 Å². The van der Waals surface area contributed by atoms with E-state index in [0.717, 1.165) is 5.56 Å². The molecular weight excluding hydrogens is 290 g/mol. The molecule has 0 saturated carbocycles. The Kier molecular flexibility index (Phi) is 6.12. The average molecular weight is 309 g/mol. The van der Waals surface area contributed by atoms with Crippen molar-refractivity contribution in [2.75, 3.05) is 7.11 Å². The molecule has 0 fully saturated rings. The van der Waals surface area contributed by atoms with Gasteiger partial charge in [-0.3, -0.25) is 0 Å². The van der Waals surface area contributed by atoms with Crippen molar-refractivity contribution in [1.29, 1.82) is 0 Å². The van der Waals surface area contributed by atoms with Crippen molar-refractivity contribution in [2.45, 2.75) is 13.3 Å². The first-order chi connectivity index (χ1) is 11.2. The highest BCUT2D eigenvalue weighted by atomic mass is 16.7. The Hall–Kier alpha value is -2.88. The molecule has 0 bridgehead atoms. The summed E-state index contributed by atoms with van der Waals surface area (Å²) < 4.78 is 5.05. The molecule has 2 aromatic rings. The third kappa shape index (κ3) is 5.11. The van der Waals surface area contributed by atoms with E-state index in [1.54, 1.807) is 31.4 Å². The van der Waals surface area contributed by atoms with E-state index in [4.69, 9.17) is 9.57 Å². The Morgan fingerprint density at radius 2 is 1.78 bits per heavy atom. The molecule has 0 aliphatic heterocycles. The van der Waals surface area contributed by atoms with Gasteiger partial charge >= 0.3 is 5.97 Å². The SMILES string of the molecule is CCC(/C=C/c1ccccc1)=N/OC(=O)c1ccc(OC)cc1. The minimum atomic E-state index is -0.494. The van der Waals surface area contributed by atoms with E-state index >= 15 is 0 Å². The molecule has 23 heavy (non-hydrogen) atoms. The van der Waals surface area contributed by atoms with Crippen LogP contribution in [-0.4, -0.2) is 18.8 Å². The number of allylic oxidation sites excluding steroid dienone is 1. The van der Waals surface area contributed by atoms with E-state index in [-0.39, 0.29) is 0 Å². The summed E-state index contributed by atoms with van der Waals surface area (Å²) in [4.78, 5) is 16.9. The Labute approximate surface area is 136 Å². The van der Waals surface area contributed by atoms with Crippen LogP contribution in [0.15, 0.2) is 65.8 Å². The van der Waals surface area contributed by atoms with Gasteiger partial charge in [0, 0.05) is 0 Å². The molecule has 2 rings (SSSR count). The van der Waals surface area contributed by atoms with Gasteiger partial charge in [0.15, 0.2) is 0 Å². The molecule has 4 nitrogen and oxygen atoms in total. The summed E-state index contributed by atoms with van der Waals surface area (Å²) in [5.74, 6) is 0.191. The average Bonchev–Trinajstić information content (AvgIpc) is 2.62. The minimum absolute atomic E-state index is 0.428. The standard InChI is InChI=1S/C19H19NO3/c1-3-17(12-9-15-7-5-4-6-8-15)20-23-19(21)16-10-13-18(22-2)14-11-16/h4-14H,3H2,1-2H3/b12-9+,20-17-. The van der Waals surface area contributed by atoms with E-state index in [9.17, 15) is 4.79 Å². The molecule has 0 aromatic heterocycles. The number of nitrogens with zero attached hydrogens (tertiary/aromatic N) is 1. The second-order valence-corrected chi connectivity index (χ2v) is 4.79. The normalized spacial score (nSPS) is 11.5. The lowest BCUT2D eigenvalue weighted by molar-refractivity contribution is 0.0516. The molecule has 0 atom stereocenters. The fourth-order valence-electron chi connectivity index (χ4n) is 1.85. The lowest BCUT2D eigenvalue weighted by Crippen LogP contribution is -2.03. The molecule has 0 saturated heterocycles. The van der Waals surface area contributed by atoms with Gasteiger partial charge in [0.05, 0.1) is 18.4 Å². The summed E-state index contributed by atoms with van der Waals surface area (Å²) >= 11 is 0. The van der Waals surface area contributed by atoms with E-state index < -0.39 is 5.97 Å². The predicted octanol–water partition coefficient (Wildman–Crippen LogP) is 4.33. The monoisotopic (exact) mass is 309 g/mol. The van der Waals surface area contributed by atoms with E-state index in [0.29, 0.717) is 23.4 Å². The number of benzene rings is 2. The van der Waals surface area contributed by atoms with Gasteiger partial charge in [-0.2, -0.15) is 0 Å². The predicted molar refractivity (Wildman–Crippen MR) is 91.6 cm³/mol. The molecule has 0 aliphatic rings. The molecule has 0 heterocycles. The summed E-state index contributed by atoms with van der Waals surface area (Å²) in [6, 6.07) is 16.6. The Morgan fingerprint density at radius 1 is 1.09 bits per heavy atom. The van der Waals surface area contributed by atoms with Crippen molar-refractivity contribution >= 4 is 17.8 Å². The van der Waals surface area contributed by atoms with Gasteiger partial charge in [0.25, 0.3) is 0 Å². The van der Waals surface area contributed by atoms with Gasteiger partial charge < -0.3 is 9.57 Å². The van der Waals surface area contributed by atoms with Gasteiger partial charge in [-0.1, -0.05) is 48.5 Å². The van der Waals surface area contributed by atoms with Gasteiger partial charge in [-0.15, -0.1) is 0 Å². The molecule has 2 aromatic carbocycles. The Balaban J connectivity index is 2.00. The minimum Gasteiger partial charge on any atom is -0.497 e. The van der Waals surface area contributed by atoms with Crippen molar-refractivity contribution < 1.29 is 14.4 Å². The highest BCUT2D eigenvalue weighted by Crippen LogP contribution is 2.12. The van der Waals surface area contributed by atoms with Crippen LogP contribution in [0.5, 0.6) is 5.75 Å². The van der Waals surface area contributed by atoms with Crippen LogP contribution in [0.3, 0.4) is 0 Å². The molecule has 0 unspecified atom stereocenters. The third-order valence-corrected chi connectivity index (χ3v) is 3.20. The Morgan fingerprint density at radius 3 is 2.39 bits per heavy atom. The fourth-order valence-corrected chi connectivity index (χ4v) is 1.85. The number of carbonyl (C=O) groups excluding carboxylic acids is 1. The van der Waals surface area contributed by atoms with Crippen molar-refractivity contribution in [3.63, 3.8) is 0 Å². The van der Waals surface area contributed by atoms with E-state index in [1.165, 1.54) is 0 Å². The lowest BCUT2D eigenvalue weighted by atomic mass is 10.2. The first-order valence-corrected chi connectivity index (χ1v) is 7.38. The highest BCUT2D eigenvalue weighted by molar-refractivity contribution is 5.98. The van der Waals surface area contributed by atoms with Crippen molar-refractivity contribution in [1.82, 2.24) is 0 Å². The zero-order valence-electron chi connectivity index (χ0n) is 13.2. The summed E-state index contributed by atoms with van der Waals surface area (Å²) in [6.07, 6.45) is 4.44. The quantitative estimate of drug-likeness (QED) is 0.453. The van der Waals surface area contributed by atoms with E-state index in [1.807, 2.05) is 49.4 Å². The first kappa shape index (κ1) is 16.5. The van der Waals surface area contributed by atoms with Gasteiger partial charge in [-0.05, 0) is 42.3 Å². The number of carbonyl (C=O) groups is 1. The molecule has 118 valence electrons. The van der Waals surface area contributed by atoms with Crippen molar-refractivity contribution in [3.05, 3.63) is 71.8 Å². The maximum Gasteiger partial charge on any atom is 0.365 e. The number of ether oxygens (including phenoxy) is 1. The summed E-state index contributed by atoms with van der Waals surface area (Å²) in [5.41, 5.74) is 2.18. The van der Waals surface area contributed by atoms with Gasteiger partial charge in [-0.25, -0.2) is 4.79 Å². The number of hydrogen-bond acceptors (Lipinski definition) is 4. The summed E-state index contributed by atoms with van der Waals surface area (Å²) in [7, 11) is 1.57. The fraction of sp³-hybridized carbons (Fsp3) is 0.158. The van der Waals surface area contributed by atoms with Crippen LogP contribution < -0.4 is 4.74 Å². The molecule has 4 heteroatoms. The van der Waals surface area contributed by atoms with E-state index in [2.05, 4.69) is 5.16 Å². The highest BCUT2D eigenvalue weighted by Gasteiger charge is 2.07. The molecule has 0 N–H and O–H groups in total. The largest absolute Gasteiger partial charge is 0.497 e. The summed E-state index contributed by atoms with van der Waals surface area (Å²) in [6.45, 7) is 1.95. The van der Waals surface area contributed by atoms with Gasteiger partial charge in [0.2, 0.25) is 0 Å². The smallest absolute Gasteiger partial charge is 0.365 e. The molecular formula is C19H19NO3. The molecule has 0 spiro atoms. The molecule has 0 aliphatic carbocycles. The lowest BCUT2D eigenvalue weighted by Gasteiger charge is -2.02. The number of methoxy groups -OCH3 is 1. The number of hydrogen-bond donors (Lipinski definition) is 0. The second kappa shape index (κ2) is 8.54. The zero-order chi connectivity index (χ0) is 16.5. The van der Waals surface area contributed by atoms with Crippen LogP contribution in [-0.2, 0) is 4.84 Å². The Bertz CT molecular complexity index is 688. The summed E-state index contributed by atoms with van der Waals surface area (Å²) in [5, 5.41) is 3.93.